The molecule has 0 bridgehead atoms. The van der Waals surface area contributed by atoms with E-state index in [0.29, 0.717) is 32.8 Å². The van der Waals surface area contributed by atoms with Gasteiger partial charge in [-0.25, -0.2) is 4.79 Å². The van der Waals surface area contributed by atoms with Crippen LogP contribution in [0.1, 0.15) is 30.9 Å². The van der Waals surface area contributed by atoms with E-state index in [9.17, 15) is 9.59 Å². The molecule has 2 fully saturated rings. The smallest absolute Gasteiger partial charge is 0.409 e. The third-order valence-electron chi connectivity index (χ3n) is 4.86. The van der Waals surface area contributed by atoms with Crippen LogP contribution in [0.15, 0.2) is 24.3 Å². The second kappa shape index (κ2) is 6.22. The molecular formula is C18H24N2O3. The van der Waals surface area contributed by atoms with Gasteiger partial charge in [-0.3, -0.25) is 4.79 Å². The fourth-order valence-electron chi connectivity index (χ4n) is 3.23. The van der Waals surface area contributed by atoms with E-state index in [0.717, 1.165) is 18.4 Å². The highest BCUT2D eigenvalue weighted by Crippen LogP contribution is 2.49. The van der Waals surface area contributed by atoms with Gasteiger partial charge in [-0.2, -0.15) is 0 Å². The lowest BCUT2D eigenvalue weighted by Gasteiger charge is -2.36. The van der Waals surface area contributed by atoms with Gasteiger partial charge < -0.3 is 14.5 Å². The highest BCUT2D eigenvalue weighted by Gasteiger charge is 2.53. The number of carbonyl (C=O) groups is 2. The van der Waals surface area contributed by atoms with Gasteiger partial charge in [0.05, 0.1) is 12.0 Å². The van der Waals surface area contributed by atoms with Gasteiger partial charge in [0, 0.05) is 26.2 Å². The van der Waals surface area contributed by atoms with Crippen molar-refractivity contribution in [1.82, 2.24) is 9.80 Å². The number of amides is 2. The Morgan fingerprint density at radius 1 is 1.04 bits per heavy atom. The minimum absolute atomic E-state index is 0.213. The molecule has 23 heavy (non-hydrogen) atoms. The Hall–Kier alpha value is -2.04. The van der Waals surface area contributed by atoms with Gasteiger partial charge in [0.15, 0.2) is 0 Å². The summed E-state index contributed by atoms with van der Waals surface area (Å²) in [5.74, 6) is 0.213. The second-order valence-corrected chi connectivity index (χ2v) is 6.43. The van der Waals surface area contributed by atoms with Crippen molar-refractivity contribution in [3.8, 4) is 0 Å². The summed E-state index contributed by atoms with van der Waals surface area (Å²) in [6.07, 6.45) is 1.57. The Kier molecular flexibility index (Phi) is 4.28. The molecule has 0 unspecified atom stereocenters. The Labute approximate surface area is 137 Å². The maximum Gasteiger partial charge on any atom is 0.409 e. The van der Waals surface area contributed by atoms with E-state index >= 15 is 0 Å². The average Bonchev–Trinajstić information content (AvgIpc) is 3.37. The van der Waals surface area contributed by atoms with E-state index in [-0.39, 0.29) is 17.4 Å². The predicted molar refractivity (Wildman–Crippen MR) is 87.3 cm³/mol. The van der Waals surface area contributed by atoms with Crippen LogP contribution in [0.3, 0.4) is 0 Å². The van der Waals surface area contributed by atoms with Gasteiger partial charge in [0.25, 0.3) is 0 Å². The summed E-state index contributed by atoms with van der Waals surface area (Å²) in [4.78, 5) is 28.3. The lowest BCUT2D eigenvalue weighted by atomic mass is 9.93. The van der Waals surface area contributed by atoms with E-state index < -0.39 is 0 Å². The Bertz CT molecular complexity index is 585. The molecule has 124 valence electrons. The highest BCUT2D eigenvalue weighted by molar-refractivity contribution is 5.91. The van der Waals surface area contributed by atoms with Crippen LogP contribution < -0.4 is 0 Å². The Balaban J connectivity index is 1.63. The van der Waals surface area contributed by atoms with Gasteiger partial charge in [0.1, 0.15) is 0 Å². The maximum atomic E-state index is 13.0. The van der Waals surface area contributed by atoms with Crippen molar-refractivity contribution in [2.24, 2.45) is 0 Å². The molecule has 1 aromatic rings. The van der Waals surface area contributed by atoms with E-state index in [1.807, 2.05) is 4.90 Å². The van der Waals surface area contributed by atoms with Gasteiger partial charge in [-0.1, -0.05) is 29.8 Å². The minimum atomic E-state index is -0.320. The number of aryl methyl sites for hydroxylation is 1. The zero-order chi connectivity index (χ0) is 16.4. The highest BCUT2D eigenvalue weighted by atomic mass is 16.6. The fraction of sp³-hybridized carbons (Fsp3) is 0.556. The molecule has 0 atom stereocenters. The normalized spacial score (nSPS) is 19.4. The molecule has 0 spiro atoms. The van der Waals surface area contributed by atoms with E-state index in [1.54, 1.807) is 11.8 Å². The Morgan fingerprint density at radius 3 is 2.13 bits per heavy atom. The lowest BCUT2D eigenvalue weighted by molar-refractivity contribution is -0.135. The molecule has 3 rings (SSSR count). The molecule has 0 radical (unpaired) electrons. The first-order chi connectivity index (χ1) is 11.1. The molecule has 2 amide bonds. The molecule has 5 heteroatoms. The molecule has 5 nitrogen and oxygen atoms in total. The van der Waals surface area contributed by atoms with Crippen molar-refractivity contribution in [2.45, 2.75) is 32.1 Å². The van der Waals surface area contributed by atoms with Crippen LogP contribution >= 0.6 is 0 Å². The predicted octanol–water partition coefficient (Wildman–Crippen LogP) is 2.33. The fourth-order valence-corrected chi connectivity index (χ4v) is 3.23. The van der Waals surface area contributed by atoms with Crippen molar-refractivity contribution in [1.29, 1.82) is 0 Å². The summed E-state index contributed by atoms with van der Waals surface area (Å²) in [5, 5.41) is 0. The number of ether oxygens (including phenoxy) is 1. The van der Waals surface area contributed by atoms with E-state index in [2.05, 4.69) is 31.2 Å². The van der Waals surface area contributed by atoms with Crippen molar-refractivity contribution < 1.29 is 14.3 Å². The van der Waals surface area contributed by atoms with Crippen LogP contribution in [-0.2, 0) is 14.9 Å². The summed E-state index contributed by atoms with van der Waals surface area (Å²) in [7, 11) is 0. The molecule has 1 aliphatic carbocycles. The quantitative estimate of drug-likeness (QED) is 0.860. The molecule has 1 aliphatic heterocycles. The van der Waals surface area contributed by atoms with Crippen LogP contribution in [0, 0.1) is 6.92 Å². The number of carbonyl (C=O) groups excluding carboxylic acids is 2. The van der Waals surface area contributed by atoms with Crippen LogP contribution in [-0.4, -0.2) is 54.6 Å². The number of rotatable bonds is 3. The Morgan fingerprint density at radius 2 is 1.61 bits per heavy atom. The summed E-state index contributed by atoms with van der Waals surface area (Å²) in [6.45, 7) is 6.52. The standard InChI is InChI=1S/C18H24N2O3/c1-3-23-17(22)20-12-10-19(11-13-20)16(21)18(8-9-18)15-6-4-14(2)5-7-15/h4-7H,3,8-13H2,1-2H3. The lowest BCUT2D eigenvalue weighted by Crippen LogP contribution is -2.53. The molecular weight excluding hydrogens is 292 g/mol. The van der Waals surface area contributed by atoms with Crippen molar-refractivity contribution in [3.05, 3.63) is 35.4 Å². The summed E-state index contributed by atoms with van der Waals surface area (Å²) >= 11 is 0. The van der Waals surface area contributed by atoms with Gasteiger partial charge in [-0.05, 0) is 32.3 Å². The molecule has 1 aromatic carbocycles. The first-order valence-electron chi connectivity index (χ1n) is 8.35. The number of nitrogens with zero attached hydrogens (tertiary/aromatic N) is 2. The molecule has 0 N–H and O–H groups in total. The average molecular weight is 316 g/mol. The second-order valence-electron chi connectivity index (χ2n) is 6.43. The topological polar surface area (TPSA) is 49.9 Å². The molecule has 2 aliphatic rings. The first-order valence-corrected chi connectivity index (χ1v) is 8.35. The number of piperazine rings is 1. The molecule has 1 saturated heterocycles. The summed E-state index contributed by atoms with van der Waals surface area (Å²) in [5.41, 5.74) is 2.01. The van der Waals surface area contributed by atoms with Gasteiger partial charge in [-0.15, -0.1) is 0 Å². The van der Waals surface area contributed by atoms with Crippen molar-refractivity contribution in [2.75, 3.05) is 32.8 Å². The van der Waals surface area contributed by atoms with E-state index in [1.165, 1.54) is 5.56 Å². The molecule has 1 saturated carbocycles. The largest absolute Gasteiger partial charge is 0.450 e. The van der Waals surface area contributed by atoms with Crippen molar-refractivity contribution in [3.63, 3.8) is 0 Å². The van der Waals surface area contributed by atoms with Gasteiger partial charge >= 0.3 is 6.09 Å². The van der Waals surface area contributed by atoms with Crippen LogP contribution in [0.2, 0.25) is 0 Å². The van der Waals surface area contributed by atoms with Crippen LogP contribution in [0.5, 0.6) is 0 Å². The number of hydrogen-bond donors (Lipinski definition) is 0. The monoisotopic (exact) mass is 316 g/mol. The third kappa shape index (κ3) is 3.05. The third-order valence-corrected chi connectivity index (χ3v) is 4.86. The van der Waals surface area contributed by atoms with Crippen LogP contribution in [0.4, 0.5) is 4.79 Å². The zero-order valence-corrected chi connectivity index (χ0v) is 13.9. The van der Waals surface area contributed by atoms with E-state index in [4.69, 9.17) is 4.74 Å². The number of hydrogen-bond acceptors (Lipinski definition) is 3. The first kappa shape index (κ1) is 15.8. The SMILES string of the molecule is CCOC(=O)N1CCN(C(=O)C2(c3ccc(C)cc3)CC2)CC1. The minimum Gasteiger partial charge on any atom is -0.450 e. The van der Waals surface area contributed by atoms with Gasteiger partial charge in [0.2, 0.25) is 5.91 Å². The zero-order valence-electron chi connectivity index (χ0n) is 13.9. The van der Waals surface area contributed by atoms with Crippen LogP contribution in [0.25, 0.3) is 0 Å². The summed E-state index contributed by atoms with van der Waals surface area (Å²) < 4.78 is 5.02. The molecule has 0 aromatic heterocycles. The van der Waals surface area contributed by atoms with Crippen molar-refractivity contribution >= 4 is 12.0 Å². The molecule has 1 heterocycles. The number of benzene rings is 1. The maximum absolute atomic E-state index is 13.0. The summed E-state index contributed by atoms with van der Waals surface area (Å²) in [6, 6.07) is 8.30.